The summed E-state index contributed by atoms with van der Waals surface area (Å²) in [6.07, 6.45) is 1.21. The lowest BCUT2D eigenvalue weighted by Gasteiger charge is -2.49. The summed E-state index contributed by atoms with van der Waals surface area (Å²) in [6.45, 7) is 3.33. The fourth-order valence-electron chi connectivity index (χ4n) is 4.67. The number of carbonyl (C=O) groups excluding carboxylic acids is 1. The largest absolute Gasteiger partial charge is 0.385 e. The van der Waals surface area contributed by atoms with Gasteiger partial charge in [0.2, 0.25) is 5.91 Å². The smallest absolute Gasteiger partial charge is 0.269 e. The minimum Gasteiger partial charge on any atom is -0.385 e. The van der Waals surface area contributed by atoms with Crippen LogP contribution in [-0.2, 0) is 16.0 Å². The summed E-state index contributed by atoms with van der Waals surface area (Å²) >= 11 is 6.05. The minimum atomic E-state index is -0.384. The number of methoxy groups -OCH3 is 1. The molecule has 2 aromatic rings. The maximum atomic E-state index is 13.2. The van der Waals surface area contributed by atoms with E-state index in [1.165, 1.54) is 0 Å². The number of hydrogen-bond acceptors (Lipinski definition) is 6. The van der Waals surface area contributed by atoms with Gasteiger partial charge in [0.25, 0.3) is 5.69 Å². The molecule has 0 bridgehead atoms. The highest BCUT2D eigenvalue weighted by molar-refractivity contribution is 6.30. The maximum absolute atomic E-state index is 13.2. The molecular formula is C23H27ClN4O4. The van der Waals surface area contributed by atoms with E-state index in [0.29, 0.717) is 31.1 Å². The number of amides is 1. The average Bonchev–Trinajstić information content (AvgIpc) is 2.80. The Bertz CT molecular complexity index is 984. The summed E-state index contributed by atoms with van der Waals surface area (Å²) in [5.41, 5.74) is 2.97. The fraction of sp³-hybridized carbons (Fsp3) is 0.435. The number of nitro benzene ring substituents is 1. The molecule has 2 aliphatic rings. The molecule has 2 aliphatic heterocycles. The second-order valence-electron chi connectivity index (χ2n) is 8.20. The Morgan fingerprint density at radius 2 is 2.03 bits per heavy atom. The van der Waals surface area contributed by atoms with Gasteiger partial charge in [0.15, 0.2) is 0 Å². The number of nitrogens with zero attached hydrogens (tertiary/aromatic N) is 3. The van der Waals surface area contributed by atoms with Crippen molar-refractivity contribution in [3.63, 3.8) is 0 Å². The van der Waals surface area contributed by atoms with Gasteiger partial charge in [0.1, 0.15) is 0 Å². The van der Waals surface area contributed by atoms with E-state index >= 15 is 0 Å². The van der Waals surface area contributed by atoms with E-state index in [0.717, 1.165) is 36.4 Å². The lowest BCUT2D eigenvalue weighted by atomic mass is 9.83. The van der Waals surface area contributed by atoms with Crippen molar-refractivity contribution in [2.45, 2.75) is 18.9 Å². The number of nitrogens with one attached hydrogen (secondary N) is 1. The predicted molar refractivity (Wildman–Crippen MR) is 125 cm³/mol. The molecule has 32 heavy (non-hydrogen) atoms. The first-order valence-corrected chi connectivity index (χ1v) is 11.2. The summed E-state index contributed by atoms with van der Waals surface area (Å²) in [4.78, 5) is 28.6. The van der Waals surface area contributed by atoms with Crippen LogP contribution in [0, 0.1) is 16.0 Å². The van der Waals surface area contributed by atoms with Gasteiger partial charge in [0, 0.05) is 68.4 Å². The zero-order chi connectivity index (χ0) is 22.7. The van der Waals surface area contributed by atoms with Gasteiger partial charge in [0.05, 0.1) is 16.9 Å². The molecule has 0 aromatic heterocycles. The summed E-state index contributed by atoms with van der Waals surface area (Å²) in [6, 6.07) is 12.7. The number of fused-ring (bicyclic) bond motifs is 3. The van der Waals surface area contributed by atoms with Gasteiger partial charge < -0.3 is 19.9 Å². The Balaban J connectivity index is 1.60. The number of halogens is 1. The number of ether oxygens (including phenoxy) is 1. The lowest BCUT2D eigenvalue weighted by molar-refractivity contribution is -0.384. The van der Waals surface area contributed by atoms with Gasteiger partial charge in [-0.1, -0.05) is 11.6 Å². The van der Waals surface area contributed by atoms with Crippen molar-refractivity contribution in [3.05, 3.63) is 63.2 Å². The summed E-state index contributed by atoms with van der Waals surface area (Å²) in [5.74, 6) is -0.326. The molecule has 8 nitrogen and oxygen atoms in total. The van der Waals surface area contributed by atoms with Crippen molar-refractivity contribution < 1.29 is 14.5 Å². The molecule has 2 heterocycles. The van der Waals surface area contributed by atoms with Crippen LogP contribution in [0.5, 0.6) is 0 Å². The van der Waals surface area contributed by atoms with Crippen LogP contribution in [0.1, 0.15) is 12.0 Å². The number of anilines is 2. The number of non-ortho nitro benzene ring substituents is 1. The van der Waals surface area contributed by atoms with E-state index in [-0.39, 0.29) is 28.5 Å². The number of rotatable bonds is 7. The monoisotopic (exact) mass is 458 g/mol. The molecule has 4 rings (SSSR count). The molecule has 0 radical (unpaired) electrons. The van der Waals surface area contributed by atoms with Crippen molar-refractivity contribution in [3.8, 4) is 0 Å². The number of carbonyl (C=O) groups is 1. The summed E-state index contributed by atoms with van der Waals surface area (Å²) in [5, 5.41) is 15.0. The molecule has 9 heteroatoms. The minimum absolute atomic E-state index is 0.0220. The van der Waals surface area contributed by atoms with E-state index in [4.69, 9.17) is 16.3 Å². The topological polar surface area (TPSA) is 87.9 Å². The molecule has 1 N–H and O–H groups in total. The molecule has 1 amide bonds. The molecule has 0 spiro atoms. The van der Waals surface area contributed by atoms with Crippen LogP contribution >= 0.6 is 11.6 Å². The lowest BCUT2D eigenvalue weighted by Crippen LogP contribution is -2.61. The first-order valence-electron chi connectivity index (χ1n) is 10.8. The third kappa shape index (κ3) is 4.66. The molecule has 0 saturated carbocycles. The normalized spacial score (nSPS) is 19.8. The summed E-state index contributed by atoms with van der Waals surface area (Å²) < 4.78 is 5.07. The number of benzene rings is 2. The van der Waals surface area contributed by atoms with Crippen molar-refractivity contribution >= 4 is 34.6 Å². The second-order valence-corrected chi connectivity index (χ2v) is 8.64. The quantitative estimate of drug-likeness (QED) is 0.389. The van der Waals surface area contributed by atoms with Gasteiger partial charge in [-0.3, -0.25) is 14.9 Å². The first kappa shape index (κ1) is 22.4. The van der Waals surface area contributed by atoms with Crippen LogP contribution in [0.15, 0.2) is 42.5 Å². The van der Waals surface area contributed by atoms with Crippen molar-refractivity contribution in [1.82, 2.24) is 5.32 Å². The van der Waals surface area contributed by atoms with E-state index in [1.54, 1.807) is 19.2 Å². The molecule has 0 aliphatic carbocycles. The van der Waals surface area contributed by atoms with Crippen molar-refractivity contribution in [2.24, 2.45) is 5.92 Å². The Morgan fingerprint density at radius 1 is 1.25 bits per heavy atom. The van der Waals surface area contributed by atoms with E-state index in [1.807, 2.05) is 30.3 Å². The fourth-order valence-corrected chi connectivity index (χ4v) is 4.79. The molecule has 2 atom stereocenters. The van der Waals surface area contributed by atoms with Crippen LogP contribution in [0.4, 0.5) is 17.1 Å². The Kier molecular flexibility index (Phi) is 6.81. The predicted octanol–water partition coefficient (Wildman–Crippen LogP) is 3.27. The first-order chi connectivity index (χ1) is 15.5. The Labute approximate surface area is 192 Å². The van der Waals surface area contributed by atoms with Gasteiger partial charge in [-0.2, -0.15) is 0 Å². The number of hydrogen-bond donors (Lipinski definition) is 1. The van der Waals surface area contributed by atoms with E-state index < -0.39 is 0 Å². The van der Waals surface area contributed by atoms with Crippen LogP contribution in [0.25, 0.3) is 0 Å². The van der Waals surface area contributed by atoms with Crippen LogP contribution in [-0.4, -0.2) is 56.8 Å². The highest BCUT2D eigenvalue weighted by Crippen LogP contribution is 2.38. The molecule has 1 saturated heterocycles. The van der Waals surface area contributed by atoms with Crippen molar-refractivity contribution in [2.75, 3.05) is 49.7 Å². The number of piperazine rings is 1. The number of nitro groups is 1. The zero-order valence-electron chi connectivity index (χ0n) is 18.0. The van der Waals surface area contributed by atoms with Gasteiger partial charge >= 0.3 is 0 Å². The van der Waals surface area contributed by atoms with E-state index in [9.17, 15) is 14.9 Å². The average molecular weight is 459 g/mol. The molecule has 0 unspecified atom stereocenters. The molecule has 2 aromatic carbocycles. The standard InChI is InChI=1S/C23H27ClN4O4/c1-32-12-2-9-25-23(29)20-14-16-13-19(28(30)31)7-8-21(16)27-11-10-26(15-22(20)27)18-5-3-17(24)4-6-18/h3-8,13,20,22H,2,9-12,14-15H2,1H3,(H,25,29)/t20-,22+/m1/s1. The third-order valence-electron chi connectivity index (χ3n) is 6.26. The highest BCUT2D eigenvalue weighted by atomic mass is 35.5. The van der Waals surface area contributed by atoms with Gasteiger partial charge in [-0.15, -0.1) is 0 Å². The van der Waals surface area contributed by atoms with Crippen LogP contribution in [0.2, 0.25) is 5.02 Å². The Hall–Kier alpha value is -2.84. The second kappa shape index (κ2) is 9.75. The van der Waals surface area contributed by atoms with E-state index in [2.05, 4.69) is 15.1 Å². The maximum Gasteiger partial charge on any atom is 0.269 e. The Morgan fingerprint density at radius 3 is 2.75 bits per heavy atom. The van der Waals surface area contributed by atoms with Gasteiger partial charge in [-0.05, 0) is 48.7 Å². The third-order valence-corrected chi connectivity index (χ3v) is 6.51. The van der Waals surface area contributed by atoms with Crippen LogP contribution in [0.3, 0.4) is 0 Å². The highest BCUT2D eigenvalue weighted by Gasteiger charge is 2.42. The zero-order valence-corrected chi connectivity index (χ0v) is 18.8. The molecule has 1 fully saturated rings. The molecular weight excluding hydrogens is 432 g/mol. The SMILES string of the molecule is COCCCNC(=O)[C@@H]1Cc2cc([N+](=O)[O-])ccc2N2CCN(c3ccc(Cl)cc3)C[C@@H]12. The molecule has 170 valence electrons. The van der Waals surface area contributed by atoms with Crippen LogP contribution < -0.4 is 15.1 Å². The van der Waals surface area contributed by atoms with Crippen molar-refractivity contribution in [1.29, 1.82) is 0 Å². The summed E-state index contributed by atoms with van der Waals surface area (Å²) in [7, 11) is 1.64. The van der Waals surface area contributed by atoms with Gasteiger partial charge in [-0.25, -0.2) is 0 Å².